The fourth-order valence-corrected chi connectivity index (χ4v) is 3.07. The smallest absolute Gasteiger partial charge is 0.285 e. The highest BCUT2D eigenvalue weighted by atomic mass is 35.5. The largest absolute Gasteiger partial charge is 0.362 e. The second kappa shape index (κ2) is 6.04. The highest BCUT2D eigenvalue weighted by Gasteiger charge is 2.24. The lowest BCUT2D eigenvalue weighted by molar-refractivity contribution is 0.605. The van der Waals surface area contributed by atoms with Crippen LogP contribution in [0.5, 0.6) is 0 Å². The minimum atomic E-state index is -0.389. The summed E-state index contributed by atoms with van der Waals surface area (Å²) in [4.78, 5) is 17.7. The molecular formula is C15H14ClN7O. The Kier molecular flexibility index (Phi) is 3.73. The summed E-state index contributed by atoms with van der Waals surface area (Å²) in [6.07, 6.45) is 5.91. The summed E-state index contributed by atoms with van der Waals surface area (Å²) in [7, 11) is 0. The van der Waals surface area contributed by atoms with Crippen LogP contribution < -0.4 is 10.5 Å². The Balaban J connectivity index is 1.59. The van der Waals surface area contributed by atoms with E-state index in [-0.39, 0.29) is 10.6 Å². The molecule has 0 unspecified atom stereocenters. The first kappa shape index (κ1) is 14.8. The van der Waals surface area contributed by atoms with E-state index in [2.05, 4.69) is 25.5 Å². The van der Waals surface area contributed by atoms with E-state index in [9.17, 15) is 4.79 Å². The lowest BCUT2D eigenvalue weighted by Gasteiger charge is -2.28. The van der Waals surface area contributed by atoms with Crippen LogP contribution in [-0.4, -0.2) is 36.7 Å². The molecule has 0 bridgehead atoms. The number of nitrogens with one attached hydrogen (secondary N) is 1. The lowest BCUT2D eigenvalue weighted by atomic mass is 10.1. The van der Waals surface area contributed by atoms with Crippen LogP contribution >= 0.6 is 11.6 Å². The molecule has 0 radical (unpaired) electrons. The SMILES string of the molecule is O=c1[nH]ncc(N2CCc3c(nnn3Cc3cccnc3)C2)c1Cl. The molecule has 4 rings (SSSR count). The predicted molar refractivity (Wildman–Crippen MR) is 88.0 cm³/mol. The van der Waals surface area contributed by atoms with Gasteiger partial charge in [-0.25, -0.2) is 9.78 Å². The van der Waals surface area contributed by atoms with Gasteiger partial charge in [-0.15, -0.1) is 5.10 Å². The van der Waals surface area contributed by atoms with Crippen LogP contribution in [0.3, 0.4) is 0 Å². The Morgan fingerprint density at radius 3 is 3.08 bits per heavy atom. The van der Waals surface area contributed by atoms with Crippen LogP contribution in [0.4, 0.5) is 5.69 Å². The maximum Gasteiger partial charge on any atom is 0.285 e. The van der Waals surface area contributed by atoms with E-state index in [0.717, 1.165) is 29.9 Å². The van der Waals surface area contributed by atoms with Crippen molar-refractivity contribution in [2.75, 3.05) is 11.4 Å². The molecule has 0 aromatic carbocycles. The van der Waals surface area contributed by atoms with E-state index in [0.29, 0.717) is 18.8 Å². The molecule has 0 spiro atoms. The zero-order valence-corrected chi connectivity index (χ0v) is 13.4. The standard InChI is InChI=1S/C15H14ClN7O/c16-14-13(7-18-20-15(14)24)22-5-3-12-11(9-22)19-21-23(12)8-10-2-1-4-17-6-10/h1-2,4,6-7H,3,5,8-9H2,(H,20,24). The summed E-state index contributed by atoms with van der Waals surface area (Å²) in [5, 5.41) is 14.8. The maximum atomic E-state index is 11.6. The van der Waals surface area contributed by atoms with Gasteiger partial charge >= 0.3 is 0 Å². The summed E-state index contributed by atoms with van der Waals surface area (Å²) in [5.74, 6) is 0. The van der Waals surface area contributed by atoms with Gasteiger partial charge in [0.2, 0.25) is 0 Å². The van der Waals surface area contributed by atoms with Crippen LogP contribution in [0.25, 0.3) is 0 Å². The molecule has 9 heteroatoms. The third-order valence-corrected chi connectivity index (χ3v) is 4.42. The van der Waals surface area contributed by atoms with Crippen LogP contribution in [-0.2, 0) is 19.5 Å². The fraction of sp³-hybridized carbons (Fsp3) is 0.267. The molecular weight excluding hydrogens is 330 g/mol. The normalized spacial score (nSPS) is 13.8. The van der Waals surface area contributed by atoms with Gasteiger partial charge in [0.25, 0.3) is 5.56 Å². The molecule has 8 nitrogen and oxygen atoms in total. The zero-order chi connectivity index (χ0) is 16.5. The van der Waals surface area contributed by atoms with E-state index < -0.39 is 0 Å². The summed E-state index contributed by atoms with van der Waals surface area (Å²) in [6.45, 7) is 1.91. The molecule has 1 N–H and O–H groups in total. The van der Waals surface area contributed by atoms with E-state index >= 15 is 0 Å². The van der Waals surface area contributed by atoms with Crippen molar-refractivity contribution < 1.29 is 0 Å². The van der Waals surface area contributed by atoms with Crippen LogP contribution in [0.1, 0.15) is 17.0 Å². The zero-order valence-electron chi connectivity index (χ0n) is 12.7. The van der Waals surface area contributed by atoms with Crippen molar-refractivity contribution in [3.8, 4) is 0 Å². The number of nitrogens with zero attached hydrogens (tertiary/aromatic N) is 6. The average molecular weight is 344 g/mol. The quantitative estimate of drug-likeness (QED) is 0.763. The number of rotatable bonds is 3. The number of fused-ring (bicyclic) bond motifs is 1. The molecule has 0 amide bonds. The molecule has 3 aromatic heterocycles. The van der Waals surface area contributed by atoms with Crippen LogP contribution in [0, 0.1) is 0 Å². The van der Waals surface area contributed by atoms with Crippen molar-refractivity contribution in [3.63, 3.8) is 0 Å². The minimum Gasteiger partial charge on any atom is -0.362 e. The highest BCUT2D eigenvalue weighted by molar-refractivity contribution is 6.32. The van der Waals surface area contributed by atoms with Gasteiger partial charge in [0.15, 0.2) is 0 Å². The van der Waals surface area contributed by atoms with Crippen molar-refractivity contribution in [1.29, 1.82) is 0 Å². The fourth-order valence-electron chi connectivity index (χ4n) is 2.86. The molecule has 0 saturated heterocycles. The first-order chi connectivity index (χ1) is 11.7. The topological polar surface area (TPSA) is 92.6 Å². The molecule has 1 aliphatic heterocycles. The van der Waals surface area contributed by atoms with E-state index in [1.165, 1.54) is 0 Å². The molecule has 0 fully saturated rings. The summed E-state index contributed by atoms with van der Waals surface area (Å²) >= 11 is 6.09. The van der Waals surface area contributed by atoms with Gasteiger partial charge in [-0.2, -0.15) is 5.10 Å². The summed E-state index contributed by atoms with van der Waals surface area (Å²) in [6, 6.07) is 3.92. The van der Waals surface area contributed by atoms with Crippen molar-refractivity contribution in [1.82, 2.24) is 30.2 Å². The average Bonchev–Trinajstić information content (AvgIpc) is 3.00. The van der Waals surface area contributed by atoms with E-state index in [1.54, 1.807) is 12.4 Å². The number of aromatic amines is 1. The van der Waals surface area contributed by atoms with Gasteiger partial charge in [0, 0.05) is 25.4 Å². The number of halogens is 1. The van der Waals surface area contributed by atoms with Gasteiger partial charge in [0.1, 0.15) is 10.7 Å². The Labute approximate surface area is 142 Å². The van der Waals surface area contributed by atoms with Crippen LogP contribution in [0.15, 0.2) is 35.5 Å². The molecule has 0 aliphatic carbocycles. The van der Waals surface area contributed by atoms with Gasteiger partial charge < -0.3 is 4.90 Å². The van der Waals surface area contributed by atoms with Gasteiger partial charge in [-0.1, -0.05) is 22.9 Å². The van der Waals surface area contributed by atoms with Gasteiger partial charge in [-0.3, -0.25) is 9.78 Å². The number of H-pyrrole nitrogens is 1. The first-order valence-electron chi connectivity index (χ1n) is 7.50. The highest BCUT2D eigenvalue weighted by Crippen LogP contribution is 2.26. The third kappa shape index (κ3) is 2.65. The molecule has 122 valence electrons. The number of aromatic nitrogens is 6. The molecule has 4 heterocycles. The number of hydrogen-bond acceptors (Lipinski definition) is 6. The minimum absolute atomic E-state index is 0.149. The summed E-state index contributed by atoms with van der Waals surface area (Å²) < 4.78 is 1.90. The molecule has 0 atom stereocenters. The van der Waals surface area contributed by atoms with Crippen molar-refractivity contribution in [3.05, 3.63) is 63.1 Å². The monoisotopic (exact) mass is 343 g/mol. The number of pyridine rings is 1. The van der Waals surface area contributed by atoms with Crippen molar-refractivity contribution >= 4 is 17.3 Å². The Morgan fingerprint density at radius 2 is 2.25 bits per heavy atom. The number of hydrogen-bond donors (Lipinski definition) is 1. The van der Waals surface area contributed by atoms with Crippen LogP contribution in [0.2, 0.25) is 5.02 Å². The van der Waals surface area contributed by atoms with Crippen molar-refractivity contribution in [2.45, 2.75) is 19.5 Å². The number of anilines is 1. The Bertz CT molecular complexity index is 921. The Morgan fingerprint density at radius 1 is 1.33 bits per heavy atom. The predicted octanol–water partition coefficient (Wildman–Crippen LogP) is 1.02. The van der Waals surface area contributed by atoms with Gasteiger partial charge in [0.05, 0.1) is 30.7 Å². The van der Waals surface area contributed by atoms with Gasteiger partial charge in [-0.05, 0) is 11.6 Å². The molecule has 0 saturated carbocycles. The Hall–Kier alpha value is -2.74. The van der Waals surface area contributed by atoms with Crippen molar-refractivity contribution in [2.24, 2.45) is 0 Å². The first-order valence-corrected chi connectivity index (χ1v) is 7.88. The second-order valence-electron chi connectivity index (χ2n) is 5.57. The van der Waals surface area contributed by atoms with E-state index in [1.807, 2.05) is 27.9 Å². The molecule has 1 aliphatic rings. The summed E-state index contributed by atoms with van der Waals surface area (Å²) in [5.41, 5.74) is 3.30. The van der Waals surface area contributed by atoms with E-state index in [4.69, 9.17) is 11.6 Å². The maximum absolute atomic E-state index is 11.6. The lowest BCUT2D eigenvalue weighted by Crippen LogP contribution is -2.32. The molecule has 24 heavy (non-hydrogen) atoms. The molecule has 3 aromatic rings. The second-order valence-corrected chi connectivity index (χ2v) is 5.95. The third-order valence-electron chi connectivity index (χ3n) is 4.05.